The van der Waals surface area contributed by atoms with Crippen molar-refractivity contribution in [3.05, 3.63) is 33.9 Å². The van der Waals surface area contributed by atoms with Gasteiger partial charge in [-0.05, 0) is 26.1 Å². The standard InChI is InChI=1S/C13H18N2O5/c1-9-8-10(4-5-12(9)15(17)18)20-7-6-11(14-2)13(16)19-3/h4-5,8,11,14H,6-7H2,1-3H3. The van der Waals surface area contributed by atoms with Crippen molar-refractivity contribution in [2.45, 2.75) is 19.4 Å². The fourth-order valence-corrected chi connectivity index (χ4v) is 1.74. The molecule has 20 heavy (non-hydrogen) atoms. The van der Waals surface area contributed by atoms with E-state index in [0.29, 0.717) is 24.3 Å². The number of hydrogen-bond donors (Lipinski definition) is 1. The Bertz CT molecular complexity index is 490. The number of nitrogens with one attached hydrogen (secondary N) is 1. The molecule has 0 saturated heterocycles. The number of rotatable bonds is 7. The van der Waals surface area contributed by atoms with Gasteiger partial charge in [-0.25, -0.2) is 0 Å². The van der Waals surface area contributed by atoms with Gasteiger partial charge in [-0.1, -0.05) is 0 Å². The Balaban J connectivity index is 2.56. The average Bonchev–Trinajstić information content (AvgIpc) is 2.42. The molecular weight excluding hydrogens is 264 g/mol. The van der Waals surface area contributed by atoms with Crippen molar-refractivity contribution in [2.24, 2.45) is 0 Å². The summed E-state index contributed by atoms with van der Waals surface area (Å²) in [6.45, 7) is 1.95. The number of nitrogens with zero attached hydrogens (tertiary/aromatic N) is 1. The molecule has 7 nitrogen and oxygen atoms in total. The van der Waals surface area contributed by atoms with Crippen LogP contribution in [-0.4, -0.2) is 37.7 Å². The minimum Gasteiger partial charge on any atom is -0.494 e. The summed E-state index contributed by atoms with van der Waals surface area (Å²) >= 11 is 0. The third-order valence-electron chi connectivity index (χ3n) is 2.87. The van der Waals surface area contributed by atoms with Gasteiger partial charge >= 0.3 is 5.97 Å². The van der Waals surface area contributed by atoms with Crippen LogP contribution in [0.25, 0.3) is 0 Å². The van der Waals surface area contributed by atoms with E-state index in [2.05, 4.69) is 10.1 Å². The van der Waals surface area contributed by atoms with E-state index in [1.54, 1.807) is 20.0 Å². The van der Waals surface area contributed by atoms with Crippen LogP contribution < -0.4 is 10.1 Å². The van der Waals surface area contributed by atoms with Crippen LogP contribution in [-0.2, 0) is 9.53 Å². The van der Waals surface area contributed by atoms with Gasteiger partial charge in [0.1, 0.15) is 11.8 Å². The molecule has 0 amide bonds. The topological polar surface area (TPSA) is 90.7 Å². The molecule has 0 aliphatic rings. The van der Waals surface area contributed by atoms with E-state index >= 15 is 0 Å². The molecule has 110 valence electrons. The van der Waals surface area contributed by atoms with Crippen LogP contribution in [0.4, 0.5) is 5.69 Å². The highest BCUT2D eigenvalue weighted by atomic mass is 16.6. The summed E-state index contributed by atoms with van der Waals surface area (Å²) in [4.78, 5) is 21.6. The van der Waals surface area contributed by atoms with E-state index in [4.69, 9.17) is 4.74 Å². The number of hydrogen-bond acceptors (Lipinski definition) is 6. The third-order valence-corrected chi connectivity index (χ3v) is 2.87. The van der Waals surface area contributed by atoms with E-state index in [-0.39, 0.29) is 11.7 Å². The molecule has 0 aliphatic heterocycles. The SMILES string of the molecule is CNC(CCOc1ccc([N+](=O)[O-])c(C)c1)C(=O)OC. The Kier molecular flexibility index (Phi) is 5.92. The number of aryl methyl sites for hydroxylation is 1. The van der Waals surface area contributed by atoms with Crippen molar-refractivity contribution in [3.63, 3.8) is 0 Å². The summed E-state index contributed by atoms with van der Waals surface area (Å²) in [6.07, 6.45) is 0.444. The molecule has 0 aromatic heterocycles. The van der Waals surface area contributed by atoms with Crippen LogP contribution in [0.3, 0.4) is 0 Å². The average molecular weight is 282 g/mol. The van der Waals surface area contributed by atoms with Crippen molar-refractivity contribution in [2.75, 3.05) is 20.8 Å². The quantitative estimate of drug-likeness (QED) is 0.462. The minimum atomic E-state index is -0.437. The molecule has 7 heteroatoms. The Morgan fingerprint density at radius 3 is 2.70 bits per heavy atom. The molecule has 1 aromatic rings. The Morgan fingerprint density at radius 2 is 2.20 bits per heavy atom. The lowest BCUT2D eigenvalue weighted by Gasteiger charge is -2.14. The van der Waals surface area contributed by atoms with Gasteiger partial charge in [-0.2, -0.15) is 0 Å². The molecule has 1 aromatic carbocycles. The number of ether oxygens (including phenoxy) is 2. The summed E-state index contributed by atoms with van der Waals surface area (Å²) in [5.41, 5.74) is 0.589. The minimum absolute atomic E-state index is 0.0556. The van der Waals surface area contributed by atoms with Gasteiger partial charge in [-0.15, -0.1) is 0 Å². The monoisotopic (exact) mass is 282 g/mol. The number of nitro groups is 1. The molecule has 0 fully saturated rings. The number of nitro benzene ring substituents is 1. The summed E-state index contributed by atoms with van der Waals surface area (Å²) in [5, 5.41) is 13.5. The van der Waals surface area contributed by atoms with Crippen LogP contribution in [0, 0.1) is 17.0 Å². The molecule has 1 atom stereocenters. The smallest absolute Gasteiger partial charge is 0.322 e. The van der Waals surface area contributed by atoms with Crippen molar-refractivity contribution in [3.8, 4) is 5.75 Å². The second-order valence-corrected chi connectivity index (χ2v) is 4.21. The van der Waals surface area contributed by atoms with Gasteiger partial charge < -0.3 is 14.8 Å². The second kappa shape index (κ2) is 7.44. The number of likely N-dealkylation sites (N-methyl/N-ethyl adjacent to an activating group) is 1. The number of methoxy groups -OCH3 is 1. The lowest BCUT2D eigenvalue weighted by Crippen LogP contribution is -2.36. The molecule has 0 saturated carbocycles. The maximum Gasteiger partial charge on any atom is 0.322 e. The first-order valence-corrected chi connectivity index (χ1v) is 6.12. The molecule has 0 heterocycles. The zero-order valence-electron chi connectivity index (χ0n) is 11.7. The molecular formula is C13H18N2O5. The highest BCUT2D eigenvalue weighted by Gasteiger charge is 2.17. The molecule has 1 N–H and O–H groups in total. The van der Waals surface area contributed by atoms with Crippen molar-refractivity contribution in [1.82, 2.24) is 5.32 Å². The predicted molar refractivity (Wildman–Crippen MR) is 72.8 cm³/mol. The van der Waals surface area contributed by atoms with Crippen LogP contribution in [0.2, 0.25) is 0 Å². The van der Waals surface area contributed by atoms with E-state index in [0.717, 1.165) is 0 Å². The van der Waals surface area contributed by atoms with Crippen LogP contribution in [0.5, 0.6) is 5.75 Å². The summed E-state index contributed by atoms with van der Waals surface area (Å²) in [5.74, 6) is 0.184. The number of carbonyl (C=O) groups is 1. The van der Waals surface area contributed by atoms with Crippen molar-refractivity contribution < 1.29 is 19.2 Å². The predicted octanol–water partition coefficient (Wildman–Crippen LogP) is 1.43. The number of carbonyl (C=O) groups excluding carboxylic acids is 1. The van der Waals surface area contributed by atoms with Gasteiger partial charge in [0.2, 0.25) is 0 Å². The van der Waals surface area contributed by atoms with Gasteiger partial charge in [0.25, 0.3) is 5.69 Å². The zero-order valence-corrected chi connectivity index (χ0v) is 11.7. The number of esters is 1. The first-order chi connectivity index (χ1) is 9.49. The fraction of sp³-hybridized carbons (Fsp3) is 0.462. The Labute approximate surface area is 117 Å². The summed E-state index contributed by atoms with van der Waals surface area (Å²) in [6, 6.07) is 4.11. The van der Waals surface area contributed by atoms with E-state index in [1.807, 2.05) is 0 Å². The van der Waals surface area contributed by atoms with Crippen molar-refractivity contribution >= 4 is 11.7 Å². The van der Waals surface area contributed by atoms with E-state index < -0.39 is 11.0 Å². The summed E-state index contributed by atoms with van der Waals surface area (Å²) < 4.78 is 10.1. The van der Waals surface area contributed by atoms with E-state index in [1.165, 1.54) is 19.2 Å². The number of benzene rings is 1. The zero-order chi connectivity index (χ0) is 15.1. The molecule has 1 rings (SSSR count). The van der Waals surface area contributed by atoms with Crippen LogP contribution in [0.1, 0.15) is 12.0 Å². The summed E-state index contributed by atoms with van der Waals surface area (Å²) in [7, 11) is 2.99. The normalized spacial score (nSPS) is 11.8. The highest BCUT2D eigenvalue weighted by Crippen LogP contribution is 2.23. The molecule has 0 bridgehead atoms. The first kappa shape index (κ1) is 15.9. The van der Waals surface area contributed by atoms with Crippen LogP contribution >= 0.6 is 0 Å². The highest BCUT2D eigenvalue weighted by molar-refractivity contribution is 5.75. The maximum atomic E-state index is 11.3. The largest absolute Gasteiger partial charge is 0.494 e. The van der Waals surface area contributed by atoms with E-state index in [9.17, 15) is 14.9 Å². The van der Waals surface area contributed by atoms with Gasteiger partial charge in [-0.3, -0.25) is 14.9 Å². The molecule has 0 spiro atoms. The lowest BCUT2D eigenvalue weighted by atomic mass is 10.2. The Hall–Kier alpha value is -2.15. The third kappa shape index (κ3) is 4.20. The van der Waals surface area contributed by atoms with Gasteiger partial charge in [0.15, 0.2) is 0 Å². The first-order valence-electron chi connectivity index (χ1n) is 6.12. The molecule has 1 unspecified atom stereocenters. The van der Waals surface area contributed by atoms with Gasteiger partial charge in [0, 0.05) is 18.1 Å². The maximum absolute atomic E-state index is 11.3. The molecule has 0 aliphatic carbocycles. The lowest BCUT2D eigenvalue weighted by molar-refractivity contribution is -0.385. The fourth-order valence-electron chi connectivity index (χ4n) is 1.74. The Morgan fingerprint density at radius 1 is 1.50 bits per heavy atom. The molecule has 0 radical (unpaired) electrons. The van der Waals surface area contributed by atoms with Crippen molar-refractivity contribution in [1.29, 1.82) is 0 Å². The second-order valence-electron chi connectivity index (χ2n) is 4.21. The van der Waals surface area contributed by atoms with Gasteiger partial charge in [0.05, 0.1) is 18.6 Å². The van der Waals surface area contributed by atoms with Crippen LogP contribution in [0.15, 0.2) is 18.2 Å².